The van der Waals surface area contributed by atoms with E-state index in [1.54, 1.807) is 0 Å². The van der Waals surface area contributed by atoms with E-state index in [0.29, 0.717) is 11.4 Å². The van der Waals surface area contributed by atoms with Gasteiger partial charge in [-0.3, -0.25) is 0 Å². The predicted molar refractivity (Wildman–Crippen MR) is 47.9 cm³/mol. The molecule has 0 bridgehead atoms. The first-order chi connectivity index (χ1) is 6.19. The standard InChI is InChI=1S/C9H11FN2O/c1-3-8(11)7-4-6(10)5-12-9(7)13-2/h3-5,8H,1,11H2,2H3. The summed E-state index contributed by atoms with van der Waals surface area (Å²) < 4.78 is 17.7. The van der Waals surface area contributed by atoms with Crippen LogP contribution >= 0.6 is 0 Å². The summed E-state index contributed by atoms with van der Waals surface area (Å²) in [7, 11) is 1.46. The third-order valence-electron chi connectivity index (χ3n) is 1.65. The molecule has 0 aliphatic carbocycles. The Morgan fingerprint density at radius 3 is 3.00 bits per heavy atom. The van der Waals surface area contributed by atoms with Crippen molar-refractivity contribution in [2.45, 2.75) is 6.04 Å². The molecule has 1 heterocycles. The summed E-state index contributed by atoms with van der Waals surface area (Å²) in [6.07, 6.45) is 2.58. The molecule has 1 rings (SSSR count). The second-order valence-corrected chi connectivity index (χ2v) is 2.51. The number of methoxy groups -OCH3 is 1. The molecule has 13 heavy (non-hydrogen) atoms. The van der Waals surface area contributed by atoms with Crippen LogP contribution in [0, 0.1) is 5.82 Å². The fourth-order valence-corrected chi connectivity index (χ4v) is 0.979. The lowest BCUT2D eigenvalue weighted by atomic mass is 10.1. The highest BCUT2D eigenvalue weighted by Gasteiger charge is 2.10. The van der Waals surface area contributed by atoms with E-state index < -0.39 is 11.9 Å². The molecule has 70 valence electrons. The van der Waals surface area contributed by atoms with Crippen molar-refractivity contribution >= 4 is 0 Å². The van der Waals surface area contributed by atoms with Crippen molar-refractivity contribution in [1.29, 1.82) is 0 Å². The Labute approximate surface area is 76.0 Å². The number of nitrogens with zero attached hydrogens (tertiary/aromatic N) is 1. The van der Waals surface area contributed by atoms with Crippen LogP contribution in [0.5, 0.6) is 5.88 Å². The van der Waals surface area contributed by atoms with Crippen molar-refractivity contribution in [3.05, 3.63) is 36.3 Å². The zero-order valence-electron chi connectivity index (χ0n) is 7.33. The van der Waals surface area contributed by atoms with Gasteiger partial charge in [-0.1, -0.05) is 6.08 Å². The molecule has 3 nitrogen and oxygen atoms in total. The van der Waals surface area contributed by atoms with Crippen molar-refractivity contribution in [3.63, 3.8) is 0 Å². The van der Waals surface area contributed by atoms with Crippen LogP contribution in [0.25, 0.3) is 0 Å². The lowest BCUT2D eigenvalue weighted by Gasteiger charge is -2.10. The Balaban J connectivity index is 3.14. The van der Waals surface area contributed by atoms with Gasteiger partial charge in [0.25, 0.3) is 0 Å². The molecule has 0 saturated carbocycles. The summed E-state index contributed by atoms with van der Waals surface area (Å²) in [5.41, 5.74) is 6.13. The van der Waals surface area contributed by atoms with Gasteiger partial charge < -0.3 is 10.5 Å². The smallest absolute Gasteiger partial charge is 0.218 e. The minimum absolute atomic E-state index is 0.328. The second kappa shape index (κ2) is 4.00. The summed E-state index contributed by atoms with van der Waals surface area (Å²) in [5, 5.41) is 0. The van der Waals surface area contributed by atoms with Gasteiger partial charge in [0.05, 0.1) is 19.3 Å². The molecule has 0 spiro atoms. The molecule has 0 saturated heterocycles. The summed E-state index contributed by atoms with van der Waals surface area (Å²) >= 11 is 0. The average Bonchev–Trinajstić information content (AvgIpc) is 2.16. The van der Waals surface area contributed by atoms with Gasteiger partial charge >= 0.3 is 0 Å². The van der Waals surface area contributed by atoms with Gasteiger partial charge in [-0.15, -0.1) is 6.58 Å². The van der Waals surface area contributed by atoms with E-state index in [9.17, 15) is 4.39 Å². The quantitative estimate of drug-likeness (QED) is 0.719. The number of nitrogens with two attached hydrogens (primary N) is 1. The fraction of sp³-hybridized carbons (Fsp3) is 0.222. The Morgan fingerprint density at radius 1 is 1.77 bits per heavy atom. The molecule has 0 radical (unpaired) electrons. The lowest BCUT2D eigenvalue weighted by molar-refractivity contribution is 0.388. The second-order valence-electron chi connectivity index (χ2n) is 2.51. The van der Waals surface area contributed by atoms with Crippen molar-refractivity contribution in [2.24, 2.45) is 5.73 Å². The number of pyridine rings is 1. The third kappa shape index (κ3) is 2.03. The van der Waals surface area contributed by atoms with Crippen LogP contribution in [0.15, 0.2) is 24.9 Å². The Morgan fingerprint density at radius 2 is 2.46 bits per heavy atom. The maximum absolute atomic E-state index is 12.8. The molecular weight excluding hydrogens is 171 g/mol. The average molecular weight is 182 g/mol. The van der Waals surface area contributed by atoms with Crippen molar-refractivity contribution in [3.8, 4) is 5.88 Å². The topological polar surface area (TPSA) is 48.1 Å². The van der Waals surface area contributed by atoms with E-state index in [2.05, 4.69) is 11.6 Å². The number of aromatic nitrogens is 1. The maximum Gasteiger partial charge on any atom is 0.218 e. The molecule has 0 aliphatic rings. The van der Waals surface area contributed by atoms with Crippen LogP contribution in [0.3, 0.4) is 0 Å². The van der Waals surface area contributed by atoms with Crippen LogP contribution in [0.1, 0.15) is 11.6 Å². The first kappa shape index (κ1) is 9.67. The van der Waals surface area contributed by atoms with Gasteiger partial charge in [0.15, 0.2) is 0 Å². The van der Waals surface area contributed by atoms with Crippen molar-refractivity contribution in [2.75, 3.05) is 7.11 Å². The van der Waals surface area contributed by atoms with Gasteiger partial charge in [-0.25, -0.2) is 9.37 Å². The predicted octanol–water partition coefficient (Wildman–Crippen LogP) is 1.42. The van der Waals surface area contributed by atoms with Gasteiger partial charge in [-0.05, 0) is 6.07 Å². The molecular formula is C9H11FN2O. The molecule has 1 aromatic rings. The zero-order chi connectivity index (χ0) is 9.84. The first-order valence-corrected chi connectivity index (χ1v) is 3.76. The van der Waals surface area contributed by atoms with Crippen LogP contribution in [0.4, 0.5) is 4.39 Å². The Hall–Kier alpha value is -1.42. The summed E-state index contributed by atoms with van der Waals surface area (Å²) in [6.45, 7) is 3.51. The van der Waals surface area contributed by atoms with E-state index in [-0.39, 0.29) is 0 Å². The number of hydrogen-bond acceptors (Lipinski definition) is 3. The SMILES string of the molecule is C=CC(N)c1cc(F)cnc1OC. The van der Waals surface area contributed by atoms with E-state index in [1.807, 2.05) is 0 Å². The van der Waals surface area contributed by atoms with Gasteiger partial charge in [0.1, 0.15) is 5.82 Å². The summed E-state index contributed by atoms with van der Waals surface area (Å²) in [5.74, 6) is -0.109. The highest BCUT2D eigenvalue weighted by molar-refractivity contribution is 5.31. The van der Waals surface area contributed by atoms with Gasteiger partial charge in [0, 0.05) is 5.56 Å². The minimum atomic E-state index is -0.460. The largest absolute Gasteiger partial charge is 0.481 e. The molecule has 4 heteroatoms. The van der Waals surface area contributed by atoms with E-state index >= 15 is 0 Å². The third-order valence-corrected chi connectivity index (χ3v) is 1.65. The van der Waals surface area contributed by atoms with E-state index in [1.165, 1.54) is 19.3 Å². The zero-order valence-corrected chi connectivity index (χ0v) is 7.33. The molecule has 0 aliphatic heterocycles. The van der Waals surface area contributed by atoms with E-state index in [0.717, 1.165) is 6.20 Å². The van der Waals surface area contributed by atoms with Crippen LogP contribution in [-0.4, -0.2) is 12.1 Å². The van der Waals surface area contributed by atoms with Crippen LogP contribution in [-0.2, 0) is 0 Å². The molecule has 1 atom stereocenters. The number of rotatable bonds is 3. The van der Waals surface area contributed by atoms with Crippen molar-refractivity contribution < 1.29 is 9.13 Å². The Bertz CT molecular complexity index is 314. The lowest BCUT2D eigenvalue weighted by Crippen LogP contribution is -2.09. The van der Waals surface area contributed by atoms with Gasteiger partial charge in [0.2, 0.25) is 5.88 Å². The molecule has 0 amide bonds. The number of halogens is 1. The molecule has 0 fully saturated rings. The van der Waals surface area contributed by atoms with Crippen molar-refractivity contribution in [1.82, 2.24) is 4.98 Å². The summed E-state index contributed by atoms with van der Waals surface area (Å²) in [4.78, 5) is 3.74. The van der Waals surface area contributed by atoms with E-state index in [4.69, 9.17) is 10.5 Å². The van der Waals surface area contributed by atoms with Gasteiger partial charge in [-0.2, -0.15) is 0 Å². The monoisotopic (exact) mass is 182 g/mol. The first-order valence-electron chi connectivity index (χ1n) is 3.76. The maximum atomic E-state index is 12.8. The molecule has 2 N–H and O–H groups in total. The number of hydrogen-bond donors (Lipinski definition) is 1. The number of ether oxygens (including phenoxy) is 1. The minimum Gasteiger partial charge on any atom is -0.481 e. The highest BCUT2D eigenvalue weighted by atomic mass is 19.1. The highest BCUT2D eigenvalue weighted by Crippen LogP contribution is 2.22. The fourth-order valence-electron chi connectivity index (χ4n) is 0.979. The molecule has 1 aromatic heterocycles. The molecule has 0 aromatic carbocycles. The van der Waals surface area contributed by atoms with Crippen LogP contribution in [0.2, 0.25) is 0 Å². The normalized spacial score (nSPS) is 12.2. The van der Waals surface area contributed by atoms with Crippen LogP contribution < -0.4 is 10.5 Å². The Kier molecular flexibility index (Phi) is 2.97. The molecule has 1 unspecified atom stereocenters. The summed E-state index contributed by atoms with van der Waals surface area (Å²) in [6, 6.07) is 0.830.